The quantitative estimate of drug-likeness (QED) is 0.550. The fourth-order valence-corrected chi connectivity index (χ4v) is 2.77. The molecule has 1 aromatic carbocycles. The fourth-order valence-electron chi connectivity index (χ4n) is 2.77. The number of halogens is 3. The summed E-state index contributed by atoms with van der Waals surface area (Å²) in [6, 6.07) is 7.83. The minimum absolute atomic E-state index is 0.0115. The summed E-state index contributed by atoms with van der Waals surface area (Å²) in [6.07, 6.45) is -4.79. The molecule has 0 aliphatic heterocycles. The number of alkyl halides is 3. The number of fused-ring (bicyclic) bond motifs is 1. The molecule has 0 unspecified atom stereocenters. The average molecular weight is 436 g/mol. The highest BCUT2D eigenvalue weighted by atomic mass is 19.4. The first kappa shape index (κ1) is 21.9. The summed E-state index contributed by atoms with van der Waals surface area (Å²) >= 11 is 0. The van der Waals surface area contributed by atoms with E-state index in [1.54, 1.807) is 19.9 Å². The Balaban J connectivity index is 2.01. The van der Waals surface area contributed by atoms with Crippen LogP contribution in [0.25, 0.3) is 16.8 Å². The molecular formula is C19H19F3N6O3. The van der Waals surface area contributed by atoms with Crippen molar-refractivity contribution in [3.05, 3.63) is 42.1 Å². The van der Waals surface area contributed by atoms with E-state index in [4.69, 9.17) is 0 Å². The maximum atomic E-state index is 12.5. The number of pyridine rings is 1. The van der Waals surface area contributed by atoms with Crippen LogP contribution in [0.3, 0.4) is 0 Å². The summed E-state index contributed by atoms with van der Waals surface area (Å²) in [5.41, 5.74) is 1.45. The van der Waals surface area contributed by atoms with Gasteiger partial charge in [-0.25, -0.2) is 9.31 Å². The molecule has 3 amide bonds. The number of benzene rings is 1. The number of nitrogens with zero attached hydrogens (tertiary/aromatic N) is 3. The Morgan fingerprint density at radius 3 is 2.32 bits per heavy atom. The lowest BCUT2D eigenvalue weighted by molar-refractivity contribution is -0.274. The number of rotatable bonds is 6. The van der Waals surface area contributed by atoms with Gasteiger partial charge in [0.25, 0.3) is 11.9 Å². The van der Waals surface area contributed by atoms with Crippen LogP contribution in [0, 0.1) is 0 Å². The number of aromatic nitrogens is 3. The third kappa shape index (κ3) is 5.41. The molecule has 2 aromatic heterocycles. The minimum Gasteiger partial charge on any atom is -0.406 e. The first-order valence-corrected chi connectivity index (χ1v) is 9.30. The van der Waals surface area contributed by atoms with Gasteiger partial charge < -0.3 is 15.4 Å². The highest BCUT2D eigenvalue weighted by Crippen LogP contribution is 2.28. The highest BCUT2D eigenvalue weighted by Gasteiger charge is 2.31. The summed E-state index contributed by atoms with van der Waals surface area (Å²) in [5, 5.41) is 11.8. The molecule has 0 bridgehead atoms. The van der Waals surface area contributed by atoms with Gasteiger partial charge in [-0.05, 0) is 49.2 Å². The van der Waals surface area contributed by atoms with Crippen LogP contribution in [0.1, 0.15) is 24.3 Å². The second kappa shape index (κ2) is 8.90. The fraction of sp³-hybridized carbons (Fsp3) is 0.263. The summed E-state index contributed by atoms with van der Waals surface area (Å²) < 4.78 is 42.3. The lowest BCUT2D eigenvalue weighted by Gasteiger charge is -2.10. The van der Waals surface area contributed by atoms with Gasteiger partial charge in [-0.2, -0.15) is 4.98 Å². The van der Waals surface area contributed by atoms with E-state index >= 15 is 0 Å². The molecule has 2 heterocycles. The molecule has 0 aliphatic carbocycles. The third-order valence-electron chi connectivity index (χ3n) is 3.99. The van der Waals surface area contributed by atoms with Gasteiger partial charge in [-0.3, -0.25) is 10.1 Å². The molecule has 0 aliphatic rings. The van der Waals surface area contributed by atoms with Crippen LogP contribution < -0.4 is 20.7 Å². The van der Waals surface area contributed by atoms with Gasteiger partial charge in [0.2, 0.25) is 0 Å². The predicted octanol–water partition coefficient (Wildman–Crippen LogP) is 3.19. The van der Waals surface area contributed by atoms with Crippen molar-refractivity contribution in [1.29, 1.82) is 0 Å². The molecule has 0 spiro atoms. The first-order valence-electron chi connectivity index (χ1n) is 9.30. The molecule has 3 aromatic rings. The van der Waals surface area contributed by atoms with E-state index in [-0.39, 0.29) is 23.0 Å². The van der Waals surface area contributed by atoms with E-state index in [0.717, 1.165) is 0 Å². The first-order chi connectivity index (χ1) is 14.7. The van der Waals surface area contributed by atoms with Crippen LogP contribution in [0.15, 0.2) is 36.4 Å². The van der Waals surface area contributed by atoms with Crippen molar-refractivity contribution in [3.63, 3.8) is 0 Å². The summed E-state index contributed by atoms with van der Waals surface area (Å²) in [6.45, 7) is 4.28. The molecule has 31 heavy (non-hydrogen) atoms. The van der Waals surface area contributed by atoms with Gasteiger partial charge in [0.15, 0.2) is 5.65 Å². The second-order valence-electron chi connectivity index (χ2n) is 6.25. The summed E-state index contributed by atoms with van der Waals surface area (Å²) in [5.74, 6) is -0.805. The molecule has 164 valence electrons. The largest absolute Gasteiger partial charge is 0.573 e. The smallest absolute Gasteiger partial charge is 0.406 e. The molecule has 0 saturated heterocycles. The SMILES string of the molecule is CCNC(=O)Nc1nc2cc(-c3ccc(OC(F)(F)F)cc3)cc(C(=O)NCC)n2n1. The van der Waals surface area contributed by atoms with E-state index in [0.29, 0.717) is 24.2 Å². The number of hydrogen-bond donors (Lipinski definition) is 3. The zero-order chi connectivity index (χ0) is 22.6. The zero-order valence-electron chi connectivity index (χ0n) is 16.6. The molecule has 3 rings (SSSR count). The van der Waals surface area contributed by atoms with E-state index in [1.165, 1.54) is 34.8 Å². The zero-order valence-corrected chi connectivity index (χ0v) is 16.6. The monoisotopic (exact) mass is 436 g/mol. The van der Waals surface area contributed by atoms with Crippen LogP contribution in [-0.4, -0.2) is 46.0 Å². The second-order valence-corrected chi connectivity index (χ2v) is 6.25. The Bertz CT molecular complexity index is 1100. The standard InChI is InChI=1S/C19H19F3N6O3/c1-3-23-16(29)14-9-12(11-5-7-13(8-6-11)31-19(20,21)22)10-15-25-17(27-28(14)15)26-18(30)24-4-2/h5-10H,3-4H2,1-2H3,(H,23,29)(H2,24,26,27,30). The van der Waals surface area contributed by atoms with E-state index in [9.17, 15) is 22.8 Å². The molecule has 0 saturated carbocycles. The number of amides is 3. The molecule has 0 fully saturated rings. The minimum atomic E-state index is -4.79. The number of urea groups is 1. The summed E-state index contributed by atoms with van der Waals surface area (Å²) in [4.78, 5) is 28.5. The normalized spacial score (nSPS) is 11.3. The van der Waals surface area contributed by atoms with Crippen molar-refractivity contribution < 1.29 is 27.5 Å². The number of hydrogen-bond acceptors (Lipinski definition) is 5. The van der Waals surface area contributed by atoms with Crippen LogP contribution in [-0.2, 0) is 0 Å². The van der Waals surface area contributed by atoms with Crippen LogP contribution in [0.4, 0.5) is 23.9 Å². The van der Waals surface area contributed by atoms with Gasteiger partial charge in [0.1, 0.15) is 11.4 Å². The predicted molar refractivity (Wildman–Crippen MR) is 106 cm³/mol. The molecule has 0 radical (unpaired) electrons. The number of carbonyl (C=O) groups is 2. The Kier molecular flexibility index (Phi) is 6.28. The van der Waals surface area contributed by atoms with Crippen molar-refractivity contribution >= 4 is 23.5 Å². The number of nitrogens with one attached hydrogen (secondary N) is 3. The van der Waals surface area contributed by atoms with Crippen molar-refractivity contribution in [2.75, 3.05) is 18.4 Å². The Hall–Kier alpha value is -3.83. The van der Waals surface area contributed by atoms with E-state index in [2.05, 4.69) is 30.8 Å². The van der Waals surface area contributed by atoms with Crippen LogP contribution >= 0.6 is 0 Å². The van der Waals surface area contributed by atoms with Crippen molar-refractivity contribution in [2.45, 2.75) is 20.2 Å². The van der Waals surface area contributed by atoms with Gasteiger partial charge >= 0.3 is 12.4 Å². The van der Waals surface area contributed by atoms with Crippen LogP contribution in [0.5, 0.6) is 5.75 Å². The van der Waals surface area contributed by atoms with Gasteiger partial charge in [-0.15, -0.1) is 18.3 Å². The Labute approximate surface area is 174 Å². The average Bonchev–Trinajstić information content (AvgIpc) is 3.09. The molecule has 0 atom stereocenters. The Morgan fingerprint density at radius 2 is 1.71 bits per heavy atom. The van der Waals surface area contributed by atoms with Gasteiger partial charge in [0.05, 0.1) is 0 Å². The van der Waals surface area contributed by atoms with E-state index in [1.807, 2.05) is 0 Å². The maximum absolute atomic E-state index is 12.5. The van der Waals surface area contributed by atoms with Crippen LogP contribution in [0.2, 0.25) is 0 Å². The van der Waals surface area contributed by atoms with Crippen molar-refractivity contribution in [3.8, 4) is 16.9 Å². The summed E-state index contributed by atoms with van der Waals surface area (Å²) in [7, 11) is 0. The lowest BCUT2D eigenvalue weighted by atomic mass is 10.1. The topological polar surface area (TPSA) is 110 Å². The third-order valence-corrected chi connectivity index (χ3v) is 3.99. The van der Waals surface area contributed by atoms with Crippen molar-refractivity contribution in [1.82, 2.24) is 25.2 Å². The Morgan fingerprint density at radius 1 is 1.03 bits per heavy atom. The maximum Gasteiger partial charge on any atom is 0.573 e. The number of anilines is 1. The molecule has 9 nitrogen and oxygen atoms in total. The molecular weight excluding hydrogens is 417 g/mol. The number of carbonyl (C=O) groups excluding carboxylic acids is 2. The molecule has 12 heteroatoms. The van der Waals surface area contributed by atoms with E-state index < -0.39 is 18.3 Å². The lowest BCUT2D eigenvalue weighted by Crippen LogP contribution is -2.28. The van der Waals surface area contributed by atoms with Crippen molar-refractivity contribution in [2.24, 2.45) is 0 Å². The molecule has 3 N–H and O–H groups in total. The van der Waals surface area contributed by atoms with Gasteiger partial charge in [-0.1, -0.05) is 12.1 Å². The number of ether oxygens (including phenoxy) is 1. The van der Waals surface area contributed by atoms with Gasteiger partial charge in [0, 0.05) is 13.1 Å². The highest BCUT2D eigenvalue weighted by molar-refractivity contribution is 5.95.